The van der Waals surface area contributed by atoms with Gasteiger partial charge < -0.3 is 5.32 Å². The van der Waals surface area contributed by atoms with Crippen LogP contribution in [0, 0.1) is 0 Å². The first kappa shape index (κ1) is 14.5. The smallest absolute Gasteiger partial charge is 0.110 e. The predicted molar refractivity (Wildman–Crippen MR) is 85.5 cm³/mol. The number of aromatic nitrogens is 1. The van der Waals surface area contributed by atoms with Gasteiger partial charge in [-0.2, -0.15) is 0 Å². The summed E-state index contributed by atoms with van der Waals surface area (Å²) in [5.74, 6) is 0. The second kappa shape index (κ2) is 7.01. The molecule has 3 rings (SSSR count). The van der Waals surface area contributed by atoms with Crippen molar-refractivity contribution in [3.8, 4) is 0 Å². The van der Waals surface area contributed by atoms with Crippen LogP contribution >= 0.6 is 11.3 Å². The van der Waals surface area contributed by atoms with Crippen LogP contribution in [-0.2, 0) is 12.8 Å². The molecule has 0 saturated carbocycles. The summed E-state index contributed by atoms with van der Waals surface area (Å²) in [7, 11) is 0. The molecule has 0 spiro atoms. The maximum Gasteiger partial charge on any atom is 0.110 e. The summed E-state index contributed by atoms with van der Waals surface area (Å²) in [6.45, 7) is 6.90. The number of rotatable bonds is 3. The van der Waals surface area contributed by atoms with Crippen LogP contribution in [0.25, 0.3) is 0 Å². The summed E-state index contributed by atoms with van der Waals surface area (Å²) in [6, 6.07) is 0.551. The summed E-state index contributed by atoms with van der Waals surface area (Å²) in [5, 5.41) is 4.84. The molecular formula is C16H27N3S. The number of hydrogen-bond acceptors (Lipinski definition) is 4. The van der Waals surface area contributed by atoms with Gasteiger partial charge >= 0.3 is 0 Å². The highest BCUT2D eigenvalue weighted by Gasteiger charge is 2.25. The Bertz CT molecular complexity index is 398. The Morgan fingerprint density at radius 3 is 2.65 bits per heavy atom. The van der Waals surface area contributed by atoms with Gasteiger partial charge in [0, 0.05) is 31.1 Å². The van der Waals surface area contributed by atoms with Gasteiger partial charge in [0.25, 0.3) is 0 Å². The Kier molecular flexibility index (Phi) is 5.08. The van der Waals surface area contributed by atoms with Gasteiger partial charge in [-0.25, -0.2) is 4.98 Å². The van der Waals surface area contributed by atoms with E-state index in [1.807, 2.05) is 11.3 Å². The van der Waals surface area contributed by atoms with Gasteiger partial charge in [0.1, 0.15) is 5.01 Å². The molecule has 0 amide bonds. The lowest BCUT2D eigenvalue weighted by molar-refractivity contribution is 0.169. The summed E-state index contributed by atoms with van der Waals surface area (Å²) < 4.78 is 0. The second-order valence-corrected chi connectivity index (χ2v) is 7.16. The van der Waals surface area contributed by atoms with E-state index in [0.717, 1.165) is 13.1 Å². The molecule has 20 heavy (non-hydrogen) atoms. The molecule has 1 N–H and O–H groups in total. The number of hydrogen-bond donors (Lipinski definition) is 1. The van der Waals surface area contributed by atoms with Crippen molar-refractivity contribution in [2.75, 3.05) is 26.2 Å². The van der Waals surface area contributed by atoms with E-state index in [1.54, 1.807) is 4.88 Å². The third-order valence-corrected chi connectivity index (χ3v) is 5.88. The fourth-order valence-corrected chi connectivity index (χ4v) is 4.82. The van der Waals surface area contributed by atoms with Crippen molar-refractivity contribution in [3.63, 3.8) is 0 Å². The molecule has 3 nitrogen and oxygen atoms in total. The number of piperazine rings is 1. The lowest BCUT2D eigenvalue weighted by Gasteiger charge is -2.33. The Hall–Kier alpha value is -0.450. The molecule has 1 saturated heterocycles. The van der Waals surface area contributed by atoms with Crippen LogP contribution in [0.5, 0.6) is 0 Å². The minimum absolute atomic E-state index is 0.551. The SMILES string of the molecule is CCC(c1nc2c(s1)CCCCCC2)N1CCNCC1. The molecule has 1 fully saturated rings. The van der Waals surface area contributed by atoms with Crippen LogP contribution in [0.3, 0.4) is 0 Å². The quantitative estimate of drug-likeness (QED) is 0.928. The van der Waals surface area contributed by atoms with Crippen molar-refractivity contribution in [3.05, 3.63) is 15.6 Å². The van der Waals surface area contributed by atoms with E-state index in [2.05, 4.69) is 17.1 Å². The topological polar surface area (TPSA) is 28.2 Å². The Balaban J connectivity index is 1.78. The van der Waals surface area contributed by atoms with E-state index in [1.165, 1.54) is 68.7 Å². The van der Waals surface area contributed by atoms with E-state index in [9.17, 15) is 0 Å². The van der Waals surface area contributed by atoms with Crippen LogP contribution in [0.2, 0.25) is 0 Å². The Labute approximate surface area is 126 Å². The maximum atomic E-state index is 5.06. The van der Waals surface area contributed by atoms with E-state index in [4.69, 9.17) is 4.98 Å². The lowest BCUT2D eigenvalue weighted by atomic mass is 10.0. The van der Waals surface area contributed by atoms with Gasteiger partial charge in [-0.1, -0.05) is 19.8 Å². The molecule has 2 aliphatic rings. The van der Waals surface area contributed by atoms with Crippen LogP contribution < -0.4 is 5.32 Å². The summed E-state index contributed by atoms with van der Waals surface area (Å²) >= 11 is 2.01. The van der Waals surface area contributed by atoms with Gasteiger partial charge in [-0.3, -0.25) is 4.90 Å². The van der Waals surface area contributed by atoms with E-state index in [0.29, 0.717) is 6.04 Å². The van der Waals surface area contributed by atoms with Gasteiger partial charge in [0.05, 0.1) is 11.7 Å². The number of nitrogens with one attached hydrogen (secondary N) is 1. The fourth-order valence-electron chi connectivity index (χ4n) is 3.45. The largest absolute Gasteiger partial charge is 0.314 e. The normalized spacial score (nSPS) is 22.9. The minimum Gasteiger partial charge on any atom is -0.314 e. The molecule has 1 atom stereocenters. The molecule has 1 unspecified atom stereocenters. The van der Waals surface area contributed by atoms with E-state index < -0.39 is 0 Å². The summed E-state index contributed by atoms with van der Waals surface area (Å²) in [4.78, 5) is 9.27. The standard InChI is InChI=1S/C16H27N3S/c1-2-14(19-11-9-17-10-12-19)16-18-13-7-5-3-4-6-8-15(13)20-16/h14,17H,2-12H2,1H3. The number of nitrogens with zero attached hydrogens (tertiary/aromatic N) is 2. The zero-order chi connectivity index (χ0) is 13.8. The van der Waals surface area contributed by atoms with Crippen molar-refractivity contribution in [2.45, 2.75) is 57.9 Å². The van der Waals surface area contributed by atoms with Crippen molar-refractivity contribution >= 4 is 11.3 Å². The van der Waals surface area contributed by atoms with Crippen molar-refractivity contribution in [1.29, 1.82) is 0 Å². The summed E-state index contributed by atoms with van der Waals surface area (Å²) in [6.07, 6.45) is 9.16. The lowest BCUT2D eigenvalue weighted by Crippen LogP contribution is -2.45. The average Bonchev–Trinajstić information content (AvgIpc) is 2.83. The molecule has 1 aromatic heterocycles. The first-order valence-corrected chi connectivity index (χ1v) is 9.13. The molecule has 112 valence electrons. The van der Waals surface area contributed by atoms with Crippen LogP contribution in [0.4, 0.5) is 0 Å². The van der Waals surface area contributed by atoms with Crippen LogP contribution in [0.15, 0.2) is 0 Å². The molecule has 4 heteroatoms. The Morgan fingerprint density at radius 2 is 1.90 bits per heavy atom. The van der Waals surface area contributed by atoms with Gasteiger partial charge in [0.15, 0.2) is 0 Å². The number of fused-ring (bicyclic) bond motifs is 1. The predicted octanol–water partition coefficient (Wildman–Crippen LogP) is 3.16. The molecule has 1 aliphatic heterocycles. The average molecular weight is 293 g/mol. The van der Waals surface area contributed by atoms with Gasteiger partial charge in [0.2, 0.25) is 0 Å². The van der Waals surface area contributed by atoms with Gasteiger partial charge in [-0.05, 0) is 32.1 Å². The van der Waals surface area contributed by atoms with E-state index >= 15 is 0 Å². The Morgan fingerprint density at radius 1 is 1.15 bits per heavy atom. The molecule has 1 aromatic rings. The maximum absolute atomic E-state index is 5.06. The van der Waals surface area contributed by atoms with Crippen LogP contribution in [-0.4, -0.2) is 36.1 Å². The fraction of sp³-hybridized carbons (Fsp3) is 0.812. The highest BCUT2D eigenvalue weighted by Crippen LogP contribution is 2.33. The first-order chi connectivity index (χ1) is 9.88. The second-order valence-electron chi connectivity index (χ2n) is 6.05. The number of thiazole rings is 1. The third-order valence-electron chi connectivity index (χ3n) is 4.63. The molecule has 1 aliphatic carbocycles. The first-order valence-electron chi connectivity index (χ1n) is 8.31. The molecular weight excluding hydrogens is 266 g/mol. The number of aryl methyl sites for hydroxylation is 2. The molecule has 2 heterocycles. The summed E-state index contributed by atoms with van der Waals surface area (Å²) in [5.41, 5.74) is 1.43. The molecule has 0 bridgehead atoms. The minimum atomic E-state index is 0.551. The highest BCUT2D eigenvalue weighted by molar-refractivity contribution is 7.11. The zero-order valence-electron chi connectivity index (χ0n) is 12.7. The monoisotopic (exact) mass is 293 g/mol. The molecule has 0 aromatic carbocycles. The van der Waals surface area contributed by atoms with Crippen molar-refractivity contribution < 1.29 is 0 Å². The third kappa shape index (κ3) is 3.23. The van der Waals surface area contributed by atoms with Crippen molar-refractivity contribution in [2.24, 2.45) is 0 Å². The van der Waals surface area contributed by atoms with Gasteiger partial charge in [-0.15, -0.1) is 11.3 Å². The highest BCUT2D eigenvalue weighted by atomic mass is 32.1. The van der Waals surface area contributed by atoms with Crippen molar-refractivity contribution in [1.82, 2.24) is 15.2 Å². The van der Waals surface area contributed by atoms with E-state index in [-0.39, 0.29) is 0 Å². The molecule has 0 radical (unpaired) electrons. The zero-order valence-corrected chi connectivity index (χ0v) is 13.5. The van der Waals surface area contributed by atoms with Crippen LogP contribution in [0.1, 0.15) is 60.6 Å².